The molecule has 19 heavy (non-hydrogen) atoms. The molecule has 1 aromatic carbocycles. The molecule has 2 amide bonds. The third kappa shape index (κ3) is 1.84. The van der Waals surface area contributed by atoms with E-state index in [0.717, 1.165) is 4.90 Å². The fourth-order valence-electron chi connectivity index (χ4n) is 2.57. The van der Waals surface area contributed by atoms with Crippen molar-refractivity contribution in [3.05, 3.63) is 29.6 Å². The van der Waals surface area contributed by atoms with Crippen LogP contribution in [0.25, 0.3) is 0 Å². The second-order valence-corrected chi connectivity index (χ2v) is 4.68. The molecule has 1 aromatic rings. The molecule has 6 heteroatoms. The predicted octanol–water partition coefficient (Wildman–Crippen LogP) is 0.705. The first-order valence-electron chi connectivity index (χ1n) is 6.13. The van der Waals surface area contributed by atoms with Crippen molar-refractivity contribution in [1.82, 2.24) is 0 Å². The fourth-order valence-corrected chi connectivity index (χ4v) is 2.57. The summed E-state index contributed by atoms with van der Waals surface area (Å²) in [5.74, 6) is -1.22. The molecule has 0 aliphatic carbocycles. The van der Waals surface area contributed by atoms with Gasteiger partial charge < -0.3 is 10.5 Å². The second-order valence-electron chi connectivity index (χ2n) is 4.68. The molecule has 0 saturated carbocycles. The van der Waals surface area contributed by atoms with Crippen molar-refractivity contribution < 1.29 is 18.7 Å². The number of ether oxygens (including phenoxy) is 1. The van der Waals surface area contributed by atoms with E-state index in [1.807, 2.05) is 0 Å². The molecule has 3 rings (SSSR count). The topological polar surface area (TPSA) is 72.6 Å². The number of amides is 2. The van der Waals surface area contributed by atoms with Gasteiger partial charge in [-0.25, -0.2) is 9.29 Å². The van der Waals surface area contributed by atoms with E-state index in [1.54, 1.807) is 0 Å². The average Bonchev–Trinajstić information content (AvgIpc) is 2.85. The van der Waals surface area contributed by atoms with Crippen LogP contribution >= 0.6 is 0 Å². The van der Waals surface area contributed by atoms with Gasteiger partial charge in [-0.3, -0.25) is 9.59 Å². The number of anilines is 1. The lowest BCUT2D eigenvalue weighted by Gasteiger charge is -2.31. The Morgan fingerprint density at radius 1 is 1.26 bits per heavy atom. The quantitative estimate of drug-likeness (QED) is 0.798. The summed E-state index contributed by atoms with van der Waals surface area (Å²) in [5, 5.41) is 0. The van der Waals surface area contributed by atoms with Gasteiger partial charge in [0.2, 0.25) is 0 Å². The summed E-state index contributed by atoms with van der Waals surface area (Å²) in [6, 6.07) is 3.87. The summed E-state index contributed by atoms with van der Waals surface area (Å²) in [6.07, 6.45) is -0.0489. The van der Waals surface area contributed by atoms with Gasteiger partial charge in [-0.15, -0.1) is 0 Å². The van der Waals surface area contributed by atoms with E-state index in [9.17, 15) is 14.0 Å². The Morgan fingerprint density at radius 3 is 2.47 bits per heavy atom. The molecule has 100 valence electrons. The van der Waals surface area contributed by atoms with Crippen molar-refractivity contribution in [2.24, 2.45) is 5.73 Å². The van der Waals surface area contributed by atoms with Crippen LogP contribution in [0.5, 0.6) is 0 Å². The number of halogens is 1. The average molecular weight is 264 g/mol. The smallest absolute Gasteiger partial charge is 0.262 e. The Bertz CT molecular complexity index is 539. The number of carbonyl (C=O) groups is 2. The fraction of sp³-hybridized carbons (Fsp3) is 0.385. The second kappa shape index (κ2) is 4.40. The number of carbonyl (C=O) groups excluding carboxylic acids is 2. The molecule has 0 spiro atoms. The van der Waals surface area contributed by atoms with Crippen LogP contribution in [0.15, 0.2) is 18.2 Å². The van der Waals surface area contributed by atoms with Crippen LogP contribution in [-0.2, 0) is 20.9 Å². The number of imide groups is 1. The van der Waals surface area contributed by atoms with E-state index in [0.29, 0.717) is 24.1 Å². The molecule has 2 atom stereocenters. The van der Waals surface area contributed by atoms with Gasteiger partial charge in [-0.05, 0) is 36.6 Å². The normalized spacial score (nSPS) is 26.1. The predicted molar refractivity (Wildman–Crippen MR) is 64.7 cm³/mol. The Hall–Kier alpha value is -1.79. The SMILES string of the molecule is NCc1cc(F)ccc1N1C(=O)C2CCC(O2)C1=O. The van der Waals surface area contributed by atoms with E-state index in [-0.39, 0.29) is 18.4 Å². The molecule has 2 unspecified atom stereocenters. The summed E-state index contributed by atoms with van der Waals surface area (Å²) in [7, 11) is 0. The van der Waals surface area contributed by atoms with Crippen LogP contribution in [0.3, 0.4) is 0 Å². The monoisotopic (exact) mass is 264 g/mol. The van der Waals surface area contributed by atoms with Crippen molar-refractivity contribution >= 4 is 17.5 Å². The maximum atomic E-state index is 13.2. The standard InChI is InChI=1S/C13H13FN2O3/c14-8-1-2-9(7(5-8)6-15)16-12(17)10-3-4-11(19-10)13(16)18/h1-2,5,10-11H,3-4,6,15H2. The highest BCUT2D eigenvalue weighted by Crippen LogP contribution is 2.33. The number of rotatable bonds is 2. The van der Waals surface area contributed by atoms with Crippen LogP contribution in [0.1, 0.15) is 18.4 Å². The number of morpholine rings is 1. The summed E-state index contributed by atoms with van der Waals surface area (Å²) in [5.41, 5.74) is 6.35. The highest BCUT2D eigenvalue weighted by molar-refractivity contribution is 6.20. The molecule has 2 aliphatic rings. The minimum Gasteiger partial charge on any atom is -0.355 e. The summed E-state index contributed by atoms with van der Waals surface area (Å²) in [6.45, 7) is 0.0559. The number of nitrogens with zero attached hydrogens (tertiary/aromatic N) is 1. The third-order valence-corrected chi connectivity index (χ3v) is 3.51. The van der Waals surface area contributed by atoms with E-state index in [4.69, 9.17) is 10.5 Å². The van der Waals surface area contributed by atoms with E-state index < -0.39 is 18.0 Å². The molecule has 2 heterocycles. The summed E-state index contributed by atoms with van der Waals surface area (Å²) in [4.78, 5) is 25.5. The van der Waals surface area contributed by atoms with Gasteiger partial charge in [0.25, 0.3) is 11.8 Å². The zero-order chi connectivity index (χ0) is 13.6. The number of nitrogens with two attached hydrogens (primary N) is 1. The van der Waals surface area contributed by atoms with Crippen molar-refractivity contribution in [2.45, 2.75) is 31.6 Å². The minimum atomic E-state index is -0.571. The molecule has 2 aliphatic heterocycles. The van der Waals surface area contributed by atoms with Gasteiger partial charge in [0.15, 0.2) is 0 Å². The largest absolute Gasteiger partial charge is 0.355 e. The third-order valence-electron chi connectivity index (χ3n) is 3.51. The molecular formula is C13H13FN2O3. The van der Waals surface area contributed by atoms with Crippen LogP contribution in [-0.4, -0.2) is 24.0 Å². The van der Waals surface area contributed by atoms with Gasteiger partial charge in [0.05, 0.1) is 5.69 Å². The van der Waals surface area contributed by atoms with Crippen LogP contribution in [0.2, 0.25) is 0 Å². The lowest BCUT2D eigenvalue weighted by Crippen LogP contribution is -2.52. The molecular weight excluding hydrogens is 251 g/mol. The van der Waals surface area contributed by atoms with Gasteiger partial charge >= 0.3 is 0 Å². The summed E-state index contributed by atoms with van der Waals surface area (Å²) >= 11 is 0. The zero-order valence-corrected chi connectivity index (χ0v) is 10.1. The molecule has 0 radical (unpaired) electrons. The molecule has 2 bridgehead atoms. The first-order valence-corrected chi connectivity index (χ1v) is 6.13. The van der Waals surface area contributed by atoms with Gasteiger partial charge in [0.1, 0.15) is 18.0 Å². The number of benzene rings is 1. The van der Waals surface area contributed by atoms with Crippen molar-refractivity contribution in [3.63, 3.8) is 0 Å². The highest BCUT2D eigenvalue weighted by Gasteiger charge is 2.47. The van der Waals surface area contributed by atoms with Crippen LogP contribution in [0.4, 0.5) is 10.1 Å². The summed E-state index contributed by atoms with van der Waals surface area (Å²) < 4.78 is 18.5. The van der Waals surface area contributed by atoms with E-state index in [2.05, 4.69) is 0 Å². The maximum Gasteiger partial charge on any atom is 0.262 e. The first kappa shape index (κ1) is 12.3. The van der Waals surface area contributed by atoms with E-state index in [1.165, 1.54) is 18.2 Å². The van der Waals surface area contributed by atoms with Crippen molar-refractivity contribution in [2.75, 3.05) is 4.90 Å². The molecule has 2 saturated heterocycles. The highest BCUT2D eigenvalue weighted by atomic mass is 19.1. The van der Waals surface area contributed by atoms with Crippen LogP contribution in [0, 0.1) is 5.82 Å². The maximum absolute atomic E-state index is 13.2. The molecule has 5 nitrogen and oxygen atoms in total. The lowest BCUT2D eigenvalue weighted by atomic mass is 10.1. The van der Waals surface area contributed by atoms with Crippen molar-refractivity contribution in [3.8, 4) is 0 Å². The number of hydrogen-bond acceptors (Lipinski definition) is 4. The molecule has 2 N–H and O–H groups in total. The zero-order valence-electron chi connectivity index (χ0n) is 10.1. The van der Waals surface area contributed by atoms with Gasteiger partial charge in [0, 0.05) is 6.54 Å². The number of hydrogen-bond donors (Lipinski definition) is 1. The van der Waals surface area contributed by atoms with Gasteiger partial charge in [-0.2, -0.15) is 0 Å². The van der Waals surface area contributed by atoms with Gasteiger partial charge in [-0.1, -0.05) is 0 Å². The Kier molecular flexibility index (Phi) is 2.83. The number of fused-ring (bicyclic) bond motifs is 2. The van der Waals surface area contributed by atoms with Crippen LogP contribution < -0.4 is 10.6 Å². The Balaban J connectivity index is 2.06. The van der Waals surface area contributed by atoms with E-state index >= 15 is 0 Å². The minimum absolute atomic E-state index is 0.0559. The lowest BCUT2D eigenvalue weighted by molar-refractivity contribution is -0.146. The van der Waals surface area contributed by atoms with Crippen molar-refractivity contribution in [1.29, 1.82) is 0 Å². The molecule has 2 fully saturated rings. The Labute approximate surface area is 109 Å². The first-order chi connectivity index (χ1) is 9.11. The molecule has 0 aromatic heterocycles. The Morgan fingerprint density at radius 2 is 1.89 bits per heavy atom.